The average Bonchev–Trinajstić information content (AvgIpc) is 2.87. The number of aromatic nitrogens is 2. The molecule has 1 unspecified atom stereocenters. The number of aryl methyl sites for hydroxylation is 1. The summed E-state index contributed by atoms with van der Waals surface area (Å²) in [6, 6.07) is 0.213. The molecule has 6 nitrogen and oxygen atoms in total. The van der Waals surface area contributed by atoms with Crippen molar-refractivity contribution in [3.8, 4) is 0 Å². The van der Waals surface area contributed by atoms with Gasteiger partial charge in [0.2, 0.25) is 0 Å². The highest BCUT2D eigenvalue weighted by atomic mass is 32.1. The van der Waals surface area contributed by atoms with E-state index in [0.717, 1.165) is 36.2 Å². The van der Waals surface area contributed by atoms with Gasteiger partial charge in [-0.1, -0.05) is 0 Å². The Bertz CT molecular complexity index is 436. The minimum atomic E-state index is -0.165. The van der Waals surface area contributed by atoms with Crippen LogP contribution >= 0.6 is 11.3 Å². The van der Waals surface area contributed by atoms with E-state index in [4.69, 9.17) is 4.74 Å². The molecule has 2 aliphatic heterocycles. The summed E-state index contributed by atoms with van der Waals surface area (Å²) < 4.78 is 5.04. The van der Waals surface area contributed by atoms with Gasteiger partial charge in [-0.3, -0.25) is 9.80 Å². The molecule has 7 heteroatoms. The minimum Gasteiger partial charge on any atom is -0.447 e. The Morgan fingerprint density at radius 2 is 2.35 bits per heavy atom. The summed E-state index contributed by atoms with van der Waals surface area (Å²) in [4.78, 5) is 15.5. The van der Waals surface area contributed by atoms with Crippen LogP contribution in [-0.4, -0.2) is 58.4 Å². The summed E-state index contributed by atoms with van der Waals surface area (Å²) in [7, 11) is 0. The third-order valence-corrected chi connectivity index (χ3v) is 3.95. The average molecular weight is 254 g/mol. The maximum absolute atomic E-state index is 11.3. The van der Waals surface area contributed by atoms with E-state index in [1.165, 1.54) is 0 Å². The molecule has 0 N–H and O–H groups in total. The number of nitrogens with zero attached hydrogens (tertiary/aromatic N) is 4. The Balaban J connectivity index is 1.62. The van der Waals surface area contributed by atoms with Crippen LogP contribution in [0.25, 0.3) is 0 Å². The van der Waals surface area contributed by atoms with Crippen LogP contribution in [0.1, 0.15) is 10.0 Å². The maximum atomic E-state index is 11.3. The Kier molecular flexibility index (Phi) is 2.71. The number of cyclic esters (lactones) is 1. The number of piperazine rings is 1. The lowest BCUT2D eigenvalue weighted by Gasteiger charge is -2.34. The molecular weight excluding hydrogens is 240 g/mol. The number of ether oxygens (including phenoxy) is 1. The van der Waals surface area contributed by atoms with E-state index >= 15 is 0 Å². The lowest BCUT2D eigenvalue weighted by Crippen LogP contribution is -2.51. The molecule has 2 aliphatic rings. The highest BCUT2D eigenvalue weighted by Gasteiger charge is 2.37. The normalized spacial score (nSPS) is 24.9. The number of hydrogen-bond acceptors (Lipinski definition) is 6. The van der Waals surface area contributed by atoms with Gasteiger partial charge >= 0.3 is 6.09 Å². The number of carbonyl (C=O) groups is 1. The van der Waals surface area contributed by atoms with Crippen molar-refractivity contribution in [2.45, 2.75) is 19.5 Å². The fraction of sp³-hybridized carbons (Fsp3) is 0.700. The molecule has 3 rings (SSSR count). The van der Waals surface area contributed by atoms with Crippen molar-refractivity contribution in [3.05, 3.63) is 10.0 Å². The molecule has 0 aliphatic carbocycles. The van der Waals surface area contributed by atoms with Crippen LogP contribution in [0.4, 0.5) is 4.79 Å². The summed E-state index contributed by atoms with van der Waals surface area (Å²) in [5.41, 5.74) is 0. The Morgan fingerprint density at radius 3 is 3.12 bits per heavy atom. The van der Waals surface area contributed by atoms with Crippen molar-refractivity contribution >= 4 is 17.4 Å². The highest BCUT2D eigenvalue weighted by molar-refractivity contribution is 7.11. The second-order valence-electron chi connectivity index (χ2n) is 4.37. The van der Waals surface area contributed by atoms with Gasteiger partial charge in [0.25, 0.3) is 0 Å². The van der Waals surface area contributed by atoms with Gasteiger partial charge in [-0.25, -0.2) is 4.79 Å². The molecule has 0 saturated carbocycles. The zero-order valence-electron chi connectivity index (χ0n) is 9.63. The van der Waals surface area contributed by atoms with Crippen molar-refractivity contribution in [2.24, 2.45) is 0 Å². The first-order valence-electron chi connectivity index (χ1n) is 5.67. The molecule has 2 fully saturated rings. The van der Waals surface area contributed by atoms with Crippen LogP contribution in [0.15, 0.2) is 0 Å². The largest absolute Gasteiger partial charge is 0.447 e. The molecule has 1 amide bonds. The Morgan fingerprint density at radius 1 is 1.47 bits per heavy atom. The van der Waals surface area contributed by atoms with Crippen molar-refractivity contribution in [1.29, 1.82) is 0 Å². The number of carbonyl (C=O) groups excluding carboxylic acids is 1. The smallest absolute Gasteiger partial charge is 0.410 e. The Labute approximate surface area is 103 Å². The van der Waals surface area contributed by atoms with Gasteiger partial charge in [0.15, 0.2) is 0 Å². The molecule has 92 valence electrons. The van der Waals surface area contributed by atoms with E-state index in [0.29, 0.717) is 6.61 Å². The molecular formula is C10H14N4O2S. The van der Waals surface area contributed by atoms with Crippen LogP contribution in [0, 0.1) is 6.92 Å². The quantitative estimate of drug-likeness (QED) is 0.768. The van der Waals surface area contributed by atoms with Crippen molar-refractivity contribution in [1.82, 2.24) is 20.0 Å². The zero-order chi connectivity index (χ0) is 11.8. The second-order valence-corrected chi connectivity index (χ2v) is 5.64. The maximum Gasteiger partial charge on any atom is 0.410 e. The van der Waals surface area contributed by atoms with Crippen LogP contribution in [0.3, 0.4) is 0 Å². The first-order chi connectivity index (χ1) is 8.22. The minimum absolute atomic E-state index is 0.165. The summed E-state index contributed by atoms with van der Waals surface area (Å²) >= 11 is 1.63. The zero-order valence-corrected chi connectivity index (χ0v) is 10.4. The molecule has 3 heterocycles. The van der Waals surface area contributed by atoms with Crippen LogP contribution < -0.4 is 0 Å². The molecule has 0 radical (unpaired) electrons. The van der Waals surface area contributed by atoms with Gasteiger partial charge in [0.1, 0.15) is 16.6 Å². The lowest BCUT2D eigenvalue weighted by atomic mass is 10.2. The molecule has 1 aromatic heterocycles. The molecule has 0 aromatic carbocycles. The molecule has 1 atom stereocenters. The van der Waals surface area contributed by atoms with Crippen LogP contribution in [-0.2, 0) is 11.3 Å². The van der Waals surface area contributed by atoms with E-state index < -0.39 is 0 Å². The summed E-state index contributed by atoms with van der Waals surface area (Å²) in [5, 5.41) is 10.2. The summed E-state index contributed by atoms with van der Waals surface area (Å²) in [6.07, 6.45) is -0.165. The van der Waals surface area contributed by atoms with Crippen LogP contribution in [0.2, 0.25) is 0 Å². The number of hydrogen-bond donors (Lipinski definition) is 0. The van der Waals surface area contributed by atoms with Gasteiger partial charge in [0.05, 0.1) is 12.6 Å². The molecule has 0 spiro atoms. The predicted octanol–water partition coefficient (Wildman–Crippen LogP) is 0.483. The predicted molar refractivity (Wildman–Crippen MR) is 61.8 cm³/mol. The standard InChI is InChI=1S/C10H14N4O2S/c1-7-11-12-9(17-7)5-13-2-3-14-8(4-13)6-16-10(14)15/h8H,2-6H2,1H3. The lowest BCUT2D eigenvalue weighted by molar-refractivity contribution is 0.115. The number of amides is 1. The van der Waals surface area contributed by atoms with E-state index in [1.807, 2.05) is 11.8 Å². The third kappa shape index (κ3) is 2.12. The van der Waals surface area contributed by atoms with Gasteiger partial charge in [0, 0.05) is 19.6 Å². The summed E-state index contributed by atoms with van der Waals surface area (Å²) in [5.74, 6) is 0. The van der Waals surface area contributed by atoms with Crippen molar-refractivity contribution < 1.29 is 9.53 Å². The molecule has 2 saturated heterocycles. The van der Waals surface area contributed by atoms with Crippen molar-refractivity contribution in [2.75, 3.05) is 26.2 Å². The highest BCUT2D eigenvalue weighted by Crippen LogP contribution is 2.20. The third-order valence-electron chi connectivity index (χ3n) is 3.13. The fourth-order valence-corrected chi connectivity index (χ4v) is 3.04. The number of rotatable bonds is 2. The first-order valence-corrected chi connectivity index (χ1v) is 6.49. The SMILES string of the molecule is Cc1nnc(CN2CCN3C(=O)OCC3C2)s1. The van der Waals surface area contributed by atoms with Gasteiger partial charge in [-0.15, -0.1) is 21.5 Å². The first kappa shape index (κ1) is 10.9. The van der Waals surface area contributed by atoms with Gasteiger partial charge < -0.3 is 4.74 Å². The topological polar surface area (TPSA) is 58.6 Å². The van der Waals surface area contributed by atoms with E-state index in [-0.39, 0.29) is 12.1 Å². The monoisotopic (exact) mass is 254 g/mol. The van der Waals surface area contributed by atoms with E-state index in [9.17, 15) is 4.79 Å². The Hall–Kier alpha value is -1.21. The van der Waals surface area contributed by atoms with Gasteiger partial charge in [-0.05, 0) is 6.92 Å². The van der Waals surface area contributed by atoms with E-state index in [2.05, 4.69) is 15.1 Å². The molecule has 17 heavy (non-hydrogen) atoms. The second kappa shape index (κ2) is 4.23. The van der Waals surface area contributed by atoms with Crippen LogP contribution in [0.5, 0.6) is 0 Å². The van der Waals surface area contributed by atoms with Crippen molar-refractivity contribution in [3.63, 3.8) is 0 Å². The summed E-state index contributed by atoms with van der Waals surface area (Å²) in [6.45, 7) is 5.80. The van der Waals surface area contributed by atoms with E-state index in [1.54, 1.807) is 11.3 Å². The fourth-order valence-electron chi connectivity index (χ4n) is 2.29. The molecule has 0 bridgehead atoms. The van der Waals surface area contributed by atoms with Gasteiger partial charge in [-0.2, -0.15) is 0 Å². The molecule has 1 aromatic rings. The number of fused-ring (bicyclic) bond motifs is 1.